The van der Waals surface area contributed by atoms with Gasteiger partial charge in [-0.05, 0) is 25.3 Å². The van der Waals surface area contributed by atoms with Crippen LogP contribution in [0.15, 0.2) is 0 Å². The minimum atomic E-state index is -0.328. The molecule has 3 heteroatoms. The van der Waals surface area contributed by atoms with Gasteiger partial charge in [-0.1, -0.05) is 13.8 Å². The molecule has 1 aliphatic heterocycles. The molecule has 1 saturated heterocycles. The van der Waals surface area contributed by atoms with Crippen molar-refractivity contribution < 1.29 is 4.79 Å². The average Bonchev–Trinajstić information content (AvgIpc) is 2.53. The van der Waals surface area contributed by atoms with Crippen LogP contribution in [0, 0.1) is 12.0 Å². The Labute approximate surface area is 73.7 Å². The molecule has 0 bridgehead atoms. The fraction of sp³-hybridized carbons (Fsp3) is 0.778. The number of rotatable bonds is 3. The Kier molecular flexibility index (Phi) is 3.23. The molecule has 0 amide bonds. The predicted molar refractivity (Wildman–Crippen MR) is 48.3 cm³/mol. The standard InChI is InChI=1S/C9H17N2O/c1-6(2)8(10)9(12)7-4-3-5-11-7/h6,8,11H,3-5,10H2,1-2H3/t8-/m1/s1. The van der Waals surface area contributed by atoms with E-state index in [1.54, 1.807) is 0 Å². The molecule has 69 valence electrons. The maximum absolute atomic E-state index is 11.6. The summed E-state index contributed by atoms with van der Waals surface area (Å²) in [6.07, 6.45) is 1.94. The molecule has 1 rings (SSSR count). The number of nitrogens with two attached hydrogens (primary N) is 1. The van der Waals surface area contributed by atoms with Crippen molar-refractivity contribution in [3.8, 4) is 0 Å². The van der Waals surface area contributed by atoms with Crippen LogP contribution in [0.1, 0.15) is 26.7 Å². The number of nitrogens with one attached hydrogen (secondary N) is 1. The molecule has 0 unspecified atom stereocenters. The van der Waals surface area contributed by atoms with Crippen molar-refractivity contribution in [3.63, 3.8) is 0 Å². The van der Waals surface area contributed by atoms with E-state index in [9.17, 15) is 4.79 Å². The number of hydrogen-bond donors (Lipinski definition) is 2. The second-order valence-corrected chi connectivity index (χ2v) is 3.64. The molecule has 0 aliphatic carbocycles. The Bertz CT molecular complexity index is 158. The van der Waals surface area contributed by atoms with Gasteiger partial charge in [0.15, 0.2) is 5.78 Å². The number of carbonyl (C=O) groups is 1. The Morgan fingerprint density at radius 1 is 1.58 bits per heavy atom. The molecule has 1 fully saturated rings. The van der Waals surface area contributed by atoms with Gasteiger partial charge in [0.25, 0.3) is 0 Å². The van der Waals surface area contributed by atoms with Crippen molar-refractivity contribution in [3.05, 3.63) is 6.04 Å². The molecule has 1 aliphatic rings. The lowest BCUT2D eigenvalue weighted by Crippen LogP contribution is -2.41. The largest absolute Gasteiger partial charge is 0.321 e. The molecular formula is C9H17N2O. The quantitative estimate of drug-likeness (QED) is 0.645. The third kappa shape index (κ3) is 2.05. The fourth-order valence-corrected chi connectivity index (χ4v) is 1.31. The minimum absolute atomic E-state index is 0.0995. The summed E-state index contributed by atoms with van der Waals surface area (Å²) in [5.74, 6) is 0.329. The van der Waals surface area contributed by atoms with Gasteiger partial charge in [0, 0.05) is 0 Å². The predicted octanol–water partition coefficient (Wildman–Crippen LogP) is 0.454. The Hall–Kier alpha value is -0.410. The third-order valence-electron chi connectivity index (χ3n) is 2.26. The Balaban J connectivity index is 2.45. The van der Waals surface area contributed by atoms with Gasteiger partial charge in [-0.15, -0.1) is 0 Å². The molecule has 0 spiro atoms. The highest BCUT2D eigenvalue weighted by atomic mass is 16.1. The lowest BCUT2D eigenvalue weighted by Gasteiger charge is -2.17. The minimum Gasteiger partial charge on any atom is -0.321 e. The van der Waals surface area contributed by atoms with Gasteiger partial charge < -0.3 is 11.1 Å². The van der Waals surface area contributed by atoms with Crippen LogP contribution in [0.4, 0.5) is 0 Å². The van der Waals surface area contributed by atoms with E-state index in [0.717, 1.165) is 25.4 Å². The maximum atomic E-state index is 11.6. The van der Waals surface area contributed by atoms with Gasteiger partial charge in [0.05, 0.1) is 6.04 Å². The van der Waals surface area contributed by atoms with Crippen LogP contribution in [0.3, 0.4) is 0 Å². The first kappa shape index (κ1) is 9.68. The lowest BCUT2D eigenvalue weighted by molar-refractivity contribution is -0.119. The second-order valence-electron chi connectivity index (χ2n) is 3.64. The zero-order chi connectivity index (χ0) is 9.14. The molecule has 12 heavy (non-hydrogen) atoms. The van der Waals surface area contributed by atoms with Gasteiger partial charge >= 0.3 is 0 Å². The first-order valence-electron chi connectivity index (χ1n) is 4.52. The van der Waals surface area contributed by atoms with E-state index in [1.165, 1.54) is 0 Å². The fourth-order valence-electron chi connectivity index (χ4n) is 1.31. The van der Waals surface area contributed by atoms with Crippen LogP contribution in [0.5, 0.6) is 0 Å². The molecular weight excluding hydrogens is 152 g/mol. The summed E-state index contributed by atoms with van der Waals surface area (Å²) in [5, 5.41) is 3.08. The molecule has 1 radical (unpaired) electrons. The summed E-state index contributed by atoms with van der Waals surface area (Å²) in [5.41, 5.74) is 5.73. The highest BCUT2D eigenvalue weighted by Gasteiger charge is 2.28. The average molecular weight is 169 g/mol. The maximum Gasteiger partial charge on any atom is 0.172 e. The summed E-state index contributed by atoms with van der Waals surface area (Å²) in [6.45, 7) is 4.86. The summed E-state index contributed by atoms with van der Waals surface area (Å²) in [4.78, 5) is 11.6. The van der Waals surface area contributed by atoms with Crippen molar-refractivity contribution >= 4 is 5.78 Å². The summed E-state index contributed by atoms with van der Waals surface area (Å²) < 4.78 is 0. The zero-order valence-corrected chi connectivity index (χ0v) is 7.76. The van der Waals surface area contributed by atoms with Crippen LogP contribution >= 0.6 is 0 Å². The van der Waals surface area contributed by atoms with Crippen LogP contribution in [0.2, 0.25) is 0 Å². The summed E-state index contributed by atoms with van der Waals surface area (Å²) in [7, 11) is 0. The van der Waals surface area contributed by atoms with E-state index >= 15 is 0 Å². The number of Topliss-reactive ketones (excluding diaryl/α,β-unsaturated/α-hetero) is 1. The van der Waals surface area contributed by atoms with Gasteiger partial charge in [-0.3, -0.25) is 4.79 Å². The van der Waals surface area contributed by atoms with E-state index < -0.39 is 0 Å². The molecule has 0 aromatic rings. The van der Waals surface area contributed by atoms with E-state index in [4.69, 9.17) is 5.73 Å². The van der Waals surface area contributed by atoms with Crippen LogP contribution < -0.4 is 11.1 Å². The van der Waals surface area contributed by atoms with E-state index in [-0.39, 0.29) is 17.7 Å². The highest BCUT2D eigenvalue weighted by molar-refractivity contribution is 5.96. The zero-order valence-electron chi connectivity index (χ0n) is 7.76. The van der Waals surface area contributed by atoms with Crippen molar-refractivity contribution in [2.75, 3.05) is 6.54 Å². The van der Waals surface area contributed by atoms with Crippen molar-refractivity contribution in [2.24, 2.45) is 11.7 Å². The third-order valence-corrected chi connectivity index (χ3v) is 2.26. The lowest BCUT2D eigenvalue weighted by atomic mass is 9.95. The number of carbonyl (C=O) groups excluding carboxylic acids is 1. The molecule has 0 saturated carbocycles. The van der Waals surface area contributed by atoms with E-state index in [2.05, 4.69) is 5.32 Å². The second kappa shape index (κ2) is 4.01. The van der Waals surface area contributed by atoms with Gasteiger partial charge in [0.1, 0.15) is 6.04 Å². The Morgan fingerprint density at radius 3 is 2.67 bits per heavy atom. The molecule has 3 N–H and O–H groups in total. The van der Waals surface area contributed by atoms with Gasteiger partial charge in [-0.2, -0.15) is 0 Å². The van der Waals surface area contributed by atoms with Crippen molar-refractivity contribution in [2.45, 2.75) is 32.7 Å². The SMILES string of the molecule is CC(C)[C@@H](N)C(=O)[C]1CCCN1. The van der Waals surface area contributed by atoms with Crippen molar-refractivity contribution in [1.29, 1.82) is 0 Å². The van der Waals surface area contributed by atoms with Gasteiger partial charge in [-0.25, -0.2) is 0 Å². The molecule has 0 aromatic carbocycles. The van der Waals surface area contributed by atoms with E-state index in [1.807, 2.05) is 13.8 Å². The molecule has 1 heterocycles. The normalized spacial score (nSPS) is 21.7. The smallest absolute Gasteiger partial charge is 0.172 e. The molecule has 3 nitrogen and oxygen atoms in total. The highest BCUT2D eigenvalue weighted by Crippen LogP contribution is 2.16. The van der Waals surface area contributed by atoms with Crippen LogP contribution in [0.25, 0.3) is 0 Å². The van der Waals surface area contributed by atoms with E-state index in [0.29, 0.717) is 0 Å². The molecule has 0 aromatic heterocycles. The van der Waals surface area contributed by atoms with Gasteiger partial charge in [0.2, 0.25) is 0 Å². The monoisotopic (exact) mass is 169 g/mol. The van der Waals surface area contributed by atoms with Crippen LogP contribution in [-0.4, -0.2) is 18.4 Å². The molecule has 1 atom stereocenters. The number of hydrogen-bond acceptors (Lipinski definition) is 3. The summed E-state index contributed by atoms with van der Waals surface area (Å²) in [6, 6.07) is 0.502. The first-order chi connectivity index (χ1) is 5.63. The topological polar surface area (TPSA) is 55.1 Å². The Morgan fingerprint density at radius 2 is 2.25 bits per heavy atom. The number of ketones is 1. The van der Waals surface area contributed by atoms with Crippen molar-refractivity contribution in [1.82, 2.24) is 5.32 Å². The first-order valence-corrected chi connectivity index (χ1v) is 4.52. The summed E-state index contributed by atoms with van der Waals surface area (Å²) >= 11 is 0. The van der Waals surface area contributed by atoms with Crippen LogP contribution in [-0.2, 0) is 4.79 Å².